The average Bonchev–Trinajstić information content (AvgIpc) is 2.53. The maximum Gasteiger partial charge on any atom is 0.0597 e. The van der Waals surface area contributed by atoms with Crippen LogP contribution in [0.15, 0.2) is 67.3 Å². The molecule has 2 rings (SSSR count). The monoisotopic (exact) mass is 280 g/mol. The van der Waals surface area contributed by atoms with Crippen LogP contribution in [0.25, 0.3) is 0 Å². The molecule has 0 atom stereocenters. The smallest absolute Gasteiger partial charge is 0.0597 e. The van der Waals surface area contributed by atoms with Gasteiger partial charge < -0.3 is 5.01 Å². The molecule has 0 radical (unpaired) electrons. The summed E-state index contributed by atoms with van der Waals surface area (Å²) in [6.45, 7) is 10.8. The van der Waals surface area contributed by atoms with Gasteiger partial charge in [0.25, 0.3) is 0 Å². The number of hydrazine groups is 1. The summed E-state index contributed by atoms with van der Waals surface area (Å²) in [5.41, 5.74) is 3.80. The number of anilines is 1. The van der Waals surface area contributed by atoms with E-state index < -0.39 is 0 Å². The van der Waals surface area contributed by atoms with Crippen LogP contribution in [0.2, 0.25) is 0 Å². The van der Waals surface area contributed by atoms with Crippen LogP contribution in [0, 0.1) is 6.92 Å². The Morgan fingerprint density at radius 1 is 1.00 bits per heavy atom. The van der Waals surface area contributed by atoms with Gasteiger partial charge in [-0.05, 0) is 24.6 Å². The maximum atomic E-state index is 3.88. The molecule has 0 unspecified atom stereocenters. The van der Waals surface area contributed by atoms with Crippen molar-refractivity contribution in [1.29, 1.82) is 0 Å². The van der Waals surface area contributed by atoms with Crippen molar-refractivity contribution >= 4 is 5.69 Å². The van der Waals surface area contributed by atoms with Crippen molar-refractivity contribution < 1.29 is 0 Å². The van der Waals surface area contributed by atoms with Gasteiger partial charge in [0.15, 0.2) is 0 Å². The van der Waals surface area contributed by atoms with Gasteiger partial charge in [-0.1, -0.05) is 61.0 Å². The molecule has 2 nitrogen and oxygen atoms in total. The van der Waals surface area contributed by atoms with Gasteiger partial charge in [0.2, 0.25) is 0 Å². The van der Waals surface area contributed by atoms with Crippen LogP contribution in [0.3, 0.4) is 0 Å². The summed E-state index contributed by atoms with van der Waals surface area (Å²) >= 11 is 0. The fourth-order valence-corrected chi connectivity index (χ4v) is 2.38. The van der Waals surface area contributed by atoms with Crippen molar-refractivity contribution in [3.05, 3.63) is 78.4 Å². The Labute approximate surface area is 128 Å². The molecule has 0 aliphatic rings. The summed E-state index contributed by atoms with van der Waals surface area (Å²) in [5.74, 6) is 0. The van der Waals surface area contributed by atoms with E-state index in [0.29, 0.717) is 0 Å². The fourth-order valence-electron chi connectivity index (χ4n) is 2.38. The van der Waals surface area contributed by atoms with Crippen LogP contribution in [-0.2, 0) is 6.54 Å². The summed E-state index contributed by atoms with van der Waals surface area (Å²) in [5, 5.41) is 4.64. The van der Waals surface area contributed by atoms with Crippen molar-refractivity contribution in [1.82, 2.24) is 5.01 Å². The molecule has 110 valence electrons. The molecule has 0 aliphatic carbocycles. The Balaban J connectivity index is 2.28. The van der Waals surface area contributed by atoms with Crippen LogP contribution in [0.1, 0.15) is 18.1 Å². The second kappa shape index (κ2) is 7.65. The molecule has 0 N–H and O–H groups in total. The SMILES string of the molecule is C=CCN(CC)N(Cc1ccccc1)c1ccc(C)cc1. The number of hydrogen-bond donors (Lipinski definition) is 0. The number of rotatable bonds is 7. The number of aryl methyl sites for hydroxylation is 1. The van der Waals surface area contributed by atoms with E-state index >= 15 is 0 Å². The molecule has 21 heavy (non-hydrogen) atoms. The van der Waals surface area contributed by atoms with Crippen LogP contribution in [0.4, 0.5) is 5.69 Å². The Bertz CT molecular complexity index is 546. The molecule has 0 aliphatic heterocycles. The van der Waals surface area contributed by atoms with Crippen LogP contribution < -0.4 is 5.01 Å². The molecule has 2 heteroatoms. The highest BCUT2D eigenvalue weighted by Gasteiger charge is 2.14. The van der Waals surface area contributed by atoms with Gasteiger partial charge in [-0.25, -0.2) is 5.01 Å². The first kappa shape index (κ1) is 15.3. The van der Waals surface area contributed by atoms with E-state index in [9.17, 15) is 0 Å². The third-order valence-corrected chi connectivity index (χ3v) is 3.55. The zero-order valence-corrected chi connectivity index (χ0v) is 13.0. The minimum absolute atomic E-state index is 0.844. The topological polar surface area (TPSA) is 6.48 Å². The summed E-state index contributed by atoms with van der Waals surface area (Å²) in [6, 6.07) is 19.3. The molecule has 0 saturated heterocycles. The van der Waals surface area contributed by atoms with Crippen molar-refractivity contribution in [3.8, 4) is 0 Å². The van der Waals surface area contributed by atoms with E-state index in [1.807, 2.05) is 6.08 Å². The van der Waals surface area contributed by atoms with Crippen LogP contribution in [-0.4, -0.2) is 18.1 Å². The Morgan fingerprint density at radius 3 is 2.24 bits per heavy atom. The van der Waals surface area contributed by atoms with Crippen molar-refractivity contribution in [2.45, 2.75) is 20.4 Å². The van der Waals surface area contributed by atoms with Crippen molar-refractivity contribution in [2.24, 2.45) is 0 Å². The fraction of sp³-hybridized carbons (Fsp3) is 0.263. The molecular formula is C19H24N2. The van der Waals surface area contributed by atoms with E-state index in [0.717, 1.165) is 19.6 Å². The minimum Gasteiger partial charge on any atom is -0.301 e. The molecule has 0 heterocycles. The van der Waals surface area contributed by atoms with E-state index in [1.54, 1.807) is 0 Å². The summed E-state index contributed by atoms with van der Waals surface area (Å²) in [7, 11) is 0. The van der Waals surface area contributed by atoms with E-state index in [2.05, 4.69) is 85.0 Å². The molecule has 0 amide bonds. The molecule has 0 saturated carbocycles. The standard InChI is InChI=1S/C19H24N2/c1-4-15-20(5-2)21(16-18-9-7-6-8-10-18)19-13-11-17(3)12-14-19/h4,6-14H,1,5,15-16H2,2-3H3. The van der Waals surface area contributed by atoms with E-state index in [4.69, 9.17) is 0 Å². The Kier molecular flexibility index (Phi) is 5.59. The van der Waals surface area contributed by atoms with Gasteiger partial charge in [0.1, 0.15) is 0 Å². The lowest BCUT2D eigenvalue weighted by atomic mass is 10.2. The van der Waals surface area contributed by atoms with Crippen LogP contribution >= 0.6 is 0 Å². The maximum absolute atomic E-state index is 3.88. The molecule has 2 aromatic carbocycles. The number of benzene rings is 2. The van der Waals surface area contributed by atoms with E-state index in [-0.39, 0.29) is 0 Å². The lowest BCUT2D eigenvalue weighted by Gasteiger charge is -2.35. The highest BCUT2D eigenvalue weighted by atomic mass is 15.6. The van der Waals surface area contributed by atoms with Gasteiger partial charge in [0, 0.05) is 13.1 Å². The summed E-state index contributed by atoms with van der Waals surface area (Å²) < 4.78 is 0. The highest BCUT2D eigenvalue weighted by molar-refractivity contribution is 5.47. The van der Waals surface area contributed by atoms with Gasteiger partial charge >= 0.3 is 0 Å². The quantitative estimate of drug-likeness (QED) is 0.547. The molecule has 0 aromatic heterocycles. The number of likely N-dealkylation sites (N-methyl/N-ethyl adjacent to an activating group) is 1. The predicted octanol–water partition coefficient (Wildman–Crippen LogP) is 4.42. The first-order valence-electron chi connectivity index (χ1n) is 7.48. The van der Waals surface area contributed by atoms with Crippen LogP contribution in [0.5, 0.6) is 0 Å². The van der Waals surface area contributed by atoms with Crippen molar-refractivity contribution in [2.75, 3.05) is 18.1 Å². The zero-order chi connectivity index (χ0) is 15.1. The first-order chi connectivity index (χ1) is 10.2. The predicted molar refractivity (Wildman–Crippen MR) is 91.2 cm³/mol. The van der Waals surface area contributed by atoms with Gasteiger partial charge in [-0.3, -0.25) is 0 Å². The van der Waals surface area contributed by atoms with E-state index in [1.165, 1.54) is 16.8 Å². The first-order valence-corrected chi connectivity index (χ1v) is 7.48. The van der Waals surface area contributed by atoms with Gasteiger partial charge in [-0.2, -0.15) is 0 Å². The molecule has 2 aromatic rings. The third kappa shape index (κ3) is 4.20. The van der Waals surface area contributed by atoms with Gasteiger partial charge in [-0.15, -0.1) is 6.58 Å². The molecular weight excluding hydrogens is 256 g/mol. The minimum atomic E-state index is 0.844. The zero-order valence-electron chi connectivity index (χ0n) is 13.0. The molecule has 0 bridgehead atoms. The Morgan fingerprint density at radius 2 is 1.67 bits per heavy atom. The second-order valence-corrected chi connectivity index (χ2v) is 5.17. The average molecular weight is 280 g/mol. The normalized spacial score (nSPS) is 10.6. The molecule has 0 spiro atoms. The highest BCUT2D eigenvalue weighted by Crippen LogP contribution is 2.20. The Hall–Kier alpha value is -2.06. The summed E-state index contributed by atoms with van der Waals surface area (Å²) in [4.78, 5) is 0. The lowest BCUT2D eigenvalue weighted by Crippen LogP contribution is -2.42. The largest absolute Gasteiger partial charge is 0.301 e. The third-order valence-electron chi connectivity index (χ3n) is 3.55. The van der Waals surface area contributed by atoms with Crippen molar-refractivity contribution in [3.63, 3.8) is 0 Å². The van der Waals surface area contributed by atoms with Gasteiger partial charge in [0.05, 0.1) is 12.2 Å². The molecule has 0 fully saturated rings. The second-order valence-electron chi connectivity index (χ2n) is 5.17. The number of hydrogen-bond acceptors (Lipinski definition) is 2. The number of nitrogens with zero attached hydrogens (tertiary/aromatic N) is 2. The lowest BCUT2D eigenvalue weighted by molar-refractivity contribution is 0.286. The summed E-state index contributed by atoms with van der Waals surface area (Å²) in [6.07, 6.45) is 1.95.